The zero-order chi connectivity index (χ0) is 13.7. The first-order valence-electron chi connectivity index (χ1n) is 5.66. The number of nitrogens with one attached hydrogen (secondary N) is 1. The number of aliphatic carboxylic acids is 1. The van der Waals surface area contributed by atoms with Gasteiger partial charge in [-0.1, -0.05) is 26.0 Å². The number of carbonyl (C=O) groups excluding carboxylic acids is 1. The summed E-state index contributed by atoms with van der Waals surface area (Å²) >= 11 is 2.17. The van der Waals surface area contributed by atoms with Crippen molar-refractivity contribution >= 4 is 34.5 Å². The highest BCUT2D eigenvalue weighted by molar-refractivity contribution is 14.1. The van der Waals surface area contributed by atoms with Crippen molar-refractivity contribution in [2.45, 2.75) is 26.3 Å². The molecule has 0 saturated carbocycles. The van der Waals surface area contributed by atoms with Crippen LogP contribution in [0.1, 0.15) is 19.4 Å². The summed E-state index contributed by atoms with van der Waals surface area (Å²) in [5, 5.41) is 11.5. The molecule has 0 unspecified atom stereocenters. The summed E-state index contributed by atoms with van der Waals surface area (Å²) in [6.45, 7) is 3.54. The van der Waals surface area contributed by atoms with Gasteiger partial charge in [-0.15, -0.1) is 0 Å². The van der Waals surface area contributed by atoms with Crippen molar-refractivity contribution in [3.05, 3.63) is 33.4 Å². The van der Waals surface area contributed by atoms with Gasteiger partial charge in [0.05, 0.1) is 6.42 Å². The first kappa shape index (κ1) is 14.9. The van der Waals surface area contributed by atoms with Crippen molar-refractivity contribution in [1.29, 1.82) is 0 Å². The largest absolute Gasteiger partial charge is 0.480 e. The quantitative estimate of drug-likeness (QED) is 0.789. The van der Waals surface area contributed by atoms with Crippen molar-refractivity contribution in [3.63, 3.8) is 0 Å². The van der Waals surface area contributed by atoms with Gasteiger partial charge in [0.1, 0.15) is 6.04 Å². The molecule has 1 aromatic rings. The second kappa shape index (κ2) is 6.72. The van der Waals surface area contributed by atoms with Crippen LogP contribution >= 0.6 is 22.6 Å². The maximum atomic E-state index is 11.8. The lowest BCUT2D eigenvalue weighted by atomic mass is 10.0. The summed E-state index contributed by atoms with van der Waals surface area (Å²) < 4.78 is 1.05. The van der Waals surface area contributed by atoms with E-state index in [1.807, 2.05) is 24.3 Å². The molecule has 0 saturated heterocycles. The maximum Gasteiger partial charge on any atom is 0.326 e. The van der Waals surface area contributed by atoms with E-state index in [1.54, 1.807) is 13.8 Å². The molecule has 0 aliphatic heterocycles. The Bertz CT molecular complexity index is 446. The lowest BCUT2D eigenvalue weighted by Gasteiger charge is -2.17. The molecule has 18 heavy (non-hydrogen) atoms. The fourth-order valence-electron chi connectivity index (χ4n) is 1.57. The molecule has 0 spiro atoms. The van der Waals surface area contributed by atoms with E-state index in [4.69, 9.17) is 5.11 Å². The highest BCUT2D eigenvalue weighted by Crippen LogP contribution is 2.09. The van der Waals surface area contributed by atoms with Crippen LogP contribution in [-0.4, -0.2) is 23.0 Å². The molecule has 0 aliphatic rings. The van der Waals surface area contributed by atoms with E-state index in [-0.39, 0.29) is 18.2 Å². The normalized spacial score (nSPS) is 12.2. The van der Waals surface area contributed by atoms with Crippen molar-refractivity contribution in [1.82, 2.24) is 5.32 Å². The fourth-order valence-corrected chi connectivity index (χ4v) is 2.18. The minimum absolute atomic E-state index is 0.137. The van der Waals surface area contributed by atoms with Gasteiger partial charge in [-0.2, -0.15) is 0 Å². The minimum atomic E-state index is -0.999. The first-order valence-corrected chi connectivity index (χ1v) is 6.74. The first-order chi connectivity index (χ1) is 8.40. The average Bonchev–Trinajstić information content (AvgIpc) is 2.25. The Hall–Kier alpha value is -1.11. The molecule has 0 aromatic heterocycles. The van der Waals surface area contributed by atoms with E-state index >= 15 is 0 Å². The second-order valence-corrected chi connectivity index (χ2v) is 5.68. The highest BCUT2D eigenvalue weighted by Gasteiger charge is 2.23. The van der Waals surface area contributed by atoms with Gasteiger partial charge in [0.25, 0.3) is 0 Å². The van der Waals surface area contributed by atoms with Crippen LogP contribution in [0, 0.1) is 9.49 Å². The van der Waals surface area contributed by atoms with Crippen molar-refractivity contribution in [2.24, 2.45) is 5.92 Å². The molecule has 1 aromatic carbocycles. The molecule has 0 fully saturated rings. The van der Waals surface area contributed by atoms with Crippen LogP contribution in [0.4, 0.5) is 0 Å². The van der Waals surface area contributed by atoms with Gasteiger partial charge in [0.15, 0.2) is 0 Å². The number of halogens is 1. The van der Waals surface area contributed by atoms with E-state index in [9.17, 15) is 9.59 Å². The highest BCUT2D eigenvalue weighted by atomic mass is 127. The smallest absolute Gasteiger partial charge is 0.326 e. The van der Waals surface area contributed by atoms with E-state index in [0.717, 1.165) is 9.13 Å². The maximum absolute atomic E-state index is 11.8. The second-order valence-electron chi connectivity index (χ2n) is 4.43. The van der Waals surface area contributed by atoms with Crippen LogP contribution in [0.15, 0.2) is 24.3 Å². The van der Waals surface area contributed by atoms with Crippen LogP contribution in [0.2, 0.25) is 0 Å². The molecule has 0 bridgehead atoms. The van der Waals surface area contributed by atoms with E-state index in [1.165, 1.54) is 0 Å². The van der Waals surface area contributed by atoms with Gasteiger partial charge in [-0.25, -0.2) is 4.79 Å². The number of hydrogen-bond acceptors (Lipinski definition) is 2. The Morgan fingerprint density at radius 2 is 2.06 bits per heavy atom. The molecule has 0 radical (unpaired) electrons. The third-order valence-electron chi connectivity index (χ3n) is 2.50. The molecule has 98 valence electrons. The summed E-state index contributed by atoms with van der Waals surface area (Å²) in [4.78, 5) is 22.7. The zero-order valence-corrected chi connectivity index (χ0v) is 12.5. The van der Waals surface area contributed by atoms with Gasteiger partial charge in [-0.05, 0) is 46.2 Å². The molecule has 5 heteroatoms. The van der Waals surface area contributed by atoms with Crippen LogP contribution in [-0.2, 0) is 16.0 Å². The van der Waals surface area contributed by atoms with Gasteiger partial charge in [-0.3, -0.25) is 4.79 Å². The Morgan fingerprint density at radius 3 is 2.56 bits per heavy atom. The number of carboxylic acid groups (broad SMARTS) is 1. The molecule has 4 nitrogen and oxygen atoms in total. The number of rotatable bonds is 5. The molecule has 0 heterocycles. The van der Waals surface area contributed by atoms with Gasteiger partial charge in [0, 0.05) is 3.57 Å². The lowest BCUT2D eigenvalue weighted by molar-refractivity contribution is -0.143. The van der Waals surface area contributed by atoms with Gasteiger partial charge < -0.3 is 10.4 Å². The predicted molar refractivity (Wildman–Crippen MR) is 77.3 cm³/mol. The Labute approximate surface area is 120 Å². The third-order valence-corrected chi connectivity index (χ3v) is 3.17. The fraction of sp³-hybridized carbons (Fsp3) is 0.385. The SMILES string of the molecule is CC(C)[C@H](NC(=O)Cc1cccc(I)c1)C(=O)O. The standard InChI is InChI=1S/C13H16INO3/c1-8(2)12(13(17)18)15-11(16)7-9-4-3-5-10(14)6-9/h3-6,8,12H,7H2,1-2H3,(H,15,16)(H,17,18)/t12-/m0/s1. The van der Waals surface area contributed by atoms with Crippen molar-refractivity contribution in [3.8, 4) is 0 Å². The third kappa shape index (κ3) is 4.64. The van der Waals surface area contributed by atoms with Crippen molar-refractivity contribution < 1.29 is 14.7 Å². The lowest BCUT2D eigenvalue weighted by Crippen LogP contribution is -2.44. The number of benzene rings is 1. The van der Waals surface area contributed by atoms with E-state index in [0.29, 0.717) is 0 Å². The summed E-state index contributed by atoms with van der Waals surface area (Å²) in [6, 6.07) is 6.75. The van der Waals surface area contributed by atoms with Crippen LogP contribution < -0.4 is 5.32 Å². The zero-order valence-electron chi connectivity index (χ0n) is 10.3. The Kier molecular flexibility index (Phi) is 5.58. The molecular weight excluding hydrogens is 345 g/mol. The number of amides is 1. The monoisotopic (exact) mass is 361 g/mol. The summed E-state index contributed by atoms with van der Waals surface area (Å²) in [5.74, 6) is -1.40. The van der Waals surface area contributed by atoms with Crippen LogP contribution in [0.5, 0.6) is 0 Å². The number of hydrogen-bond donors (Lipinski definition) is 2. The van der Waals surface area contributed by atoms with E-state index < -0.39 is 12.0 Å². The average molecular weight is 361 g/mol. The topological polar surface area (TPSA) is 66.4 Å². The van der Waals surface area contributed by atoms with E-state index in [2.05, 4.69) is 27.9 Å². The van der Waals surface area contributed by atoms with Gasteiger partial charge >= 0.3 is 5.97 Å². The summed E-state index contributed by atoms with van der Waals surface area (Å²) in [6.07, 6.45) is 0.202. The van der Waals surface area contributed by atoms with Gasteiger partial charge in [0.2, 0.25) is 5.91 Å². The molecule has 2 N–H and O–H groups in total. The molecular formula is C13H16INO3. The number of carbonyl (C=O) groups is 2. The number of carboxylic acids is 1. The predicted octanol–water partition coefficient (Wildman–Crippen LogP) is 2.06. The summed E-state index contributed by atoms with van der Waals surface area (Å²) in [5.41, 5.74) is 0.882. The van der Waals surface area contributed by atoms with Crippen molar-refractivity contribution in [2.75, 3.05) is 0 Å². The van der Waals surface area contributed by atoms with Crippen LogP contribution in [0.25, 0.3) is 0 Å². The summed E-state index contributed by atoms with van der Waals surface area (Å²) in [7, 11) is 0. The molecule has 1 rings (SSSR count). The minimum Gasteiger partial charge on any atom is -0.480 e. The molecule has 1 atom stereocenters. The Balaban J connectivity index is 2.63. The molecule has 0 aliphatic carbocycles. The molecule has 1 amide bonds. The van der Waals surface area contributed by atoms with Crippen LogP contribution in [0.3, 0.4) is 0 Å². The Morgan fingerprint density at radius 1 is 1.39 bits per heavy atom.